The van der Waals surface area contributed by atoms with Gasteiger partial charge in [-0.1, -0.05) is 23.7 Å². The van der Waals surface area contributed by atoms with Gasteiger partial charge in [-0.2, -0.15) is 0 Å². The zero-order valence-corrected chi connectivity index (χ0v) is 11.7. The third-order valence-electron chi connectivity index (χ3n) is 2.72. The number of rotatable bonds is 4. The molecule has 0 aliphatic rings. The van der Waals surface area contributed by atoms with E-state index in [1.807, 2.05) is 18.2 Å². The highest BCUT2D eigenvalue weighted by Gasteiger charge is 2.11. The summed E-state index contributed by atoms with van der Waals surface area (Å²) >= 11 is 5.90. The van der Waals surface area contributed by atoms with Crippen molar-refractivity contribution in [2.45, 2.75) is 6.61 Å². The molecule has 2 rings (SSSR count). The summed E-state index contributed by atoms with van der Waals surface area (Å²) in [5.41, 5.74) is 7.30. The molecular weight excluding hydrogens is 278 g/mol. The Balaban J connectivity index is 2.12. The molecule has 0 heterocycles. The maximum Gasteiger partial charge on any atom is 0.340 e. The molecule has 4 nitrogen and oxygen atoms in total. The van der Waals surface area contributed by atoms with Crippen molar-refractivity contribution in [2.24, 2.45) is 0 Å². The third-order valence-corrected chi connectivity index (χ3v) is 2.96. The lowest BCUT2D eigenvalue weighted by molar-refractivity contribution is 0.0601. The molecule has 0 aliphatic heterocycles. The molecule has 0 saturated heterocycles. The number of nitrogens with two attached hydrogens (primary N) is 1. The predicted octanol–water partition coefficient (Wildman–Crippen LogP) is 3.29. The van der Waals surface area contributed by atoms with E-state index in [-0.39, 0.29) is 5.56 Å². The van der Waals surface area contributed by atoms with Gasteiger partial charge >= 0.3 is 5.97 Å². The number of carbonyl (C=O) groups is 1. The van der Waals surface area contributed by atoms with Gasteiger partial charge in [-0.15, -0.1) is 0 Å². The van der Waals surface area contributed by atoms with E-state index in [2.05, 4.69) is 4.74 Å². The van der Waals surface area contributed by atoms with E-state index in [4.69, 9.17) is 22.1 Å². The van der Waals surface area contributed by atoms with Crippen molar-refractivity contribution < 1.29 is 14.3 Å². The van der Waals surface area contributed by atoms with Gasteiger partial charge in [0.2, 0.25) is 0 Å². The van der Waals surface area contributed by atoms with E-state index in [1.165, 1.54) is 7.11 Å². The van der Waals surface area contributed by atoms with Gasteiger partial charge in [-0.3, -0.25) is 0 Å². The highest BCUT2D eigenvalue weighted by molar-refractivity contribution is 6.30. The number of esters is 1. The molecular formula is C15H14ClNO3. The summed E-state index contributed by atoms with van der Waals surface area (Å²) in [4.78, 5) is 11.5. The second-order valence-corrected chi connectivity index (χ2v) is 4.60. The summed E-state index contributed by atoms with van der Waals surface area (Å²) in [6, 6.07) is 12.2. The lowest BCUT2D eigenvalue weighted by Gasteiger charge is -2.09. The first-order chi connectivity index (χ1) is 9.60. The SMILES string of the molecule is COC(=O)c1cc(OCc2cccc(Cl)c2)ccc1N. The number of carbonyl (C=O) groups excluding carboxylic acids is 1. The van der Waals surface area contributed by atoms with Crippen molar-refractivity contribution in [3.63, 3.8) is 0 Å². The Kier molecular flexibility index (Phi) is 4.48. The Labute approximate surface area is 122 Å². The second-order valence-electron chi connectivity index (χ2n) is 4.16. The molecule has 0 spiro atoms. The second kappa shape index (κ2) is 6.30. The summed E-state index contributed by atoms with van der Waals surface area (Å²) in [7, 11) is 1.31. The topological polar surface area (TPSA) is 61.5 Å². The average Bonchev–Trinajstić information content (AvgIpc) is 2.45. The first-order valence-electron chi connectivity index (χ1n) is 5.95. The molecule has 0 atom stereocenters. The highest BCUT2D eigenvalue weighted by atomic mass is 35.5. The fraction of sp³-hybridized carbons (Fsp3) is 0.133. The largest absolute Gasteiger partial charge is 0.489 e. The van der Waals surface area contributed by atoms with Crippen molar-refractivity contribution in [3.05, 3.63) is 58.6 Å². The van der Waals surface area contributed by atoms with Crippen LogP contribution in [0.5, 0.6) is 5.75 Å². The molecule has 0 aromatic heterocycles. The van der Waals surface area contributed by atoms with E-state index < -0.39 is 5.97 Å². The average molecular weight is 292 g/mol. The van der Waals surface area contributed by atoms with E-state index >= 15 is 0 Å². The number of ether oxygens (including phenoxy) is 2. The molecule has 2 N–H and O–H groups in total. The van der Waals surface area contributed by atoms with Gasteiger partial charge in [-0.05, 0) is 35.9 Å². The number of nitrogen functional groups attached to an aromatic ring is 1. The van der Waals surface area contributed by atoms with Crippen molar-refractivity contribution in [1.82, 2.24) is 0 Å². The van der Waals surface area contributed by atoms with Crippen LogP contribution in [0.4, 0.5) is 5.69 Å². The molecule has 0 unspecified atom stereocenters. The van der Waals surface area contributed by atoms with Crippen LogP contribution in [0.3, 0.4) is 0 Å². The van der Waals surface area contributed by atoms with Crippen molar-refractivity contribution >= 4 is 23.3 Å². The molecule has 0 saturated carbocycles. The van der Waals surface area contributed by atoms with Crippen LogP contribution in [-0.2, 0) is 11.3 Å². The Hall–Kier alpha value is -2.20. The Morgan fingerprint density at radius 1 is 1.25 bits per heavy atom. The maximum absolute atomic E-state index is 11.5. The lowest BCUT2D eigenvalue weighted by atomic mass is 10.1. The minimum Gasteiger partial charge on any atom is -0.489 e. The monoisotopic (exact) mass is 291 g/mol. The minimum absolute atomic E-state index is 0.288. The standard InChI is InChI=1S/C15H14ClNO3/c1-19-15(18)13-8-12(5-6-14(13)17)20-9-10-3-2-4-11(16)7-10/h2-8H,9,17H2,1H3. The summed E-state index contributed by atoms with van der Waals surface area (Å²) in [6.45, 7) is 0.352. The number of hydrogen-bond donors (Lipinski definition) is 1. The van der Waals surface area contributed by atoms with Crippen molar-refractivity contribution in [1.29, 1.82) is 0 Å². The molecule has 0 amide bonds. The van der Waals surface area contributed by atoms with Gasteiger partial charge < -0.3 is 15.2 Å². The Morgan fingerprint density at radius 2 is 2.05 bits per heavy atom. The van der Waals surface area contributed by atoms with Crippen LogP contribution in [0.2, 0.25) is 5.02 Å². The van der Waals surface area contributed by atoms with Crippen LogP contribution in [-0.4, -0.2) is 13.1 Å². The van der Waals surface area contributed by atoms with Crippen LogP contribution in [0.1, 0.15) is 15.9 Å². The first-order valence-corrected chi connectivity index (χ1v) is 6.33. The number of halogens is 1. The van der Waals surface area contributed by atoms with Crippen LogP contribution >= 0.6 is 11.6 Å². The summed E-state index contributed by atoms with van der Waals surface area (Å²) < 4.78 is 10.3. The molecule has 0 radical (unpaired) electrons. The van der Waals surface area contributed by atoms with Crippen LogP contribution in [0.15, 0.2) is 42.5 Å². The van der Waals surface area contributed by atoms with Gasteiger partial charge in [0.05, 0.1) is 12.7 Å². The maximum atomic E-state index is 11.5. The molecule has 20 heavy (non-hydrogen) atoms. The van der Waals surface area contributed by atoms with E-state index in [1.54, 1.807) is 24.3 Å². The fourth-order valence-electron chi connectivity index (χ4n) is 1.71. The van der Waals surface area contributed by atoms with Crippen LogP contribution in [0.25, 0.3) is 0 Å². The Morgan fingerprint density at radius 3 is 2.75 bits per heavy atom. The van der Waals surface area contributed by atoms with Crippen molar-refractivity contribution in [3.8, 4) is 5.75 Å². The Bertz CT molecular complexity index is 628. The van der Waals surface area contributed by atoms with E-state index in [0.29, 0.717) is 23.1 Å². The molecule has 0 bridgehead atoms. The smallest absolute Gasteiger partial charge is 0.340 e. The predicted molar refractivity (Wildman–Crippen MR) is 78.0 cm³/mol. The quantitative estimate of drug-likeness (QED) is 0.693. The first kappa shape index (κ1) is 14.2. The molecule has 2 aromatic carbocycles. The summed E-state index contributed by atoms with van der Waals surface area (Å²) in [5.74, 6) is 0.0512. The van der Waals surface area contributed by atoms with Gasteiger partial charge in [-0.25, -0.2) is 4.79 Å². The van der Waals surface area contributed by atoms with Gasteiger partial charge in [0, 0.05) is 10.7 Å². The van der Waals surface area contributed by atoms with Gasteiger partial charge in [0.1, 0.15) is 12.4 Å². The molecule has 5 heteroatoms. The normalized spacial score (nSPS) is 10.1. The van der Waals surface area contributed by atoms with Gasteiger partial charge in [0.15, 0.2) is 0 Å². The fourth-order valence-corrected chi connectivity index (χ4v) is 1.92. The summed E-state index contributed by atoms with van der Waals surface area (Å²) in [6.07, 6.45) is 0. The number of benzene rings is 2. The zero-order chi connectivity index (χ0) is 14.5. The third kappa shape index (κ3) is 3.42. The minimum atomic E-state index is -0.490. The van der Waals surface area contributed by atoms with Crippen LogP contribution < -0.4 is 10.5 Å². The van der Waals surface area contributed by atoms with Gasteiger partial charge in [0.25, 0.3) is 0 Å². The highest BCUT2D eigenvalue weighted by Crippen LogP contribution is 2.22. The lowest BCUT2D eigenvalue weighted by Crippen LogP contribution is -2.06. The molecule has 2 aromatic rings. The number of methoxy groups -OCH3 is 1. The van der Waals surface area contributed by atoms with Crippen molar-refractivity contribution in [2.75, 3.05) is 12.8 Å². The zero-order valence-electron chi connectivity index (χ0n) is 10.9. The summed E-state index contributed by atoms with van der Waals surface area (Å²) in [5, 5.41) is 0.652. The van der Waals surface area contributed by atoms with Crippen LogP contribution in [0, 0.1) is 0 Å². The van der Waals surface area contributed by atoms with E-state index in [0.717, 1.165) is 5.56 Å². The number of hydrogen-bond acceptors (Lipinski definition) is 4. The van der Waals surface area contributed by atoms with E-state index in [9.17, 15) is 4.79 Å². The molecule has 0 aliphatic carbocycles. The molecule has 104 valence electrons. The molecule has 0 fully saturated rings. The number of anilines is 1.